The van der Waals surface area contributed by atoms with Gasteiger partial charge in [-0.25, -0.2) is 9.97 Å². The Labute approximate surface area is 264 Å². The Bertz CT molecular complexity index is 2540. The number of aromatic nitrogens is 2. The van der Waals surface area contributed by atoms with Crippen LogP contribution >= 0.6 is 11.3 Å². The van der Waals surface area contributed by atoms with Crippen LogP contribution in [0.1, 0.15) is 5.56 Å². The number of anilines is 3. The van der Waals surface area contributed by atoms with Crippen LogP contribution in [0.15, 0.2) is 133 Å². The van der Waals surface area contributed by atoms with E-state index in [0.29, 0.717) is 5.95 Å². The lowest BCUT2D eigenvalue weighted by atomic mass is 9.89. The van der Waals surface area contributed by atoms with Crippen molar-refractivity contribution in [3.8, 4) is 22.4 Å². The van der Waals surface area contributed by atoms with Crippen molar-refractivity contribution in [1.82, 2.24) is 9.97 Å². The molecule has 3 heterocycles. The summed E-state index contributed by atoms with van der Waals surface area (Å²) in [6.45, 7) is 5.89. The monoisotopic (exact) mass is 594 g/mol. The lowest BCUT2D eigenvalue weighted by molar-refractivity contribution is 1.12. The molecular weight excluding hydrogens is 569 g/mol. The molecule has 0 fully saturated rings. The van der Waals surface area contributed by atoms with E-state index in [9.17, 15) is 0 Å². The Hall–Kier alpha value is -5.65. The standard InChI is InChI=1S/C40H26N4S/c1-3-22-41-32-23-27(19-18-24(32)2)36-39-37(31-14-6-7-17-34(31)45-39)43-40(42-36)44-33-16-9-12-26-11-8-15-29(35(26)33)30-21-20-25-10-4-5-13-28(25)38(30)44/h3-23H,1H2,2H3/b41-22-. The molecule has 0 aliphatic carbocycles. The SMILES string of the molecule is C=C/C=N\c1cc(-c2nc(N3c4c(ccc5ccccc45)-c4cccc5cccc3c45)nc3c2sc2ccccc23)ccc1C. The second-order valence-electron chi connectivity index (χ2n) is 11.4. The molecule has 0 radical (unpaired) electrons. The molecule has 1 aliphatic rings. The number of fused-ring (bicyclic) bond motifs is 7. The van der Waals surface area contributed by atoms with Gasteiger partial charge < -0.3 is 0 Å². The highest BCUT2D eigenvalue weighted by Crippen LogP contribution is 2.53. The zero-order valence-corrected chi connectivity index (χ0v) is 25.3. The fourth-order valence-corrected chi connectivity index (χ4v) is 7.83. The van der Waals surface area contributed by atoms with Crippen molar-refractivity contribution in [2.75, 3.05) is 4.90 Å². The summed E-state index contributed by atoms with van der Waals surface area (Å²) in [5, 5.41) is 5.88. The molecule has 0 N–H and O–H groups in total. The summed E-state index contributed by atoms with van der Waals surface area (Å²) in [5.41, 5.74) is 9.44. The van der Waals surface area contributed by atoms with Crippen LogP contribution < -0.4 is 4.90 Å². The average Bonchev–Trinajstić information content (AvgIpc) is 3.46. The zero-order valence-electron chi connectivity index (χ0n) is 24.5. The van der Waals surface area contributed by atoms with Gasteiger partial charge in [0.05, 0.1) is 33.0 Å². The van der Waals surface area contributed by atoms with Gasteiger partial charge in [0.2, 0.25) is 5.95 Å². The van der Waals surface area contributed by atoms with E-state index >= 15 is 0 Å². The molecule has 0 unspecified atom stereocenters. The summed E-state index contributed by atoms with van der Waals surface area (Å²) in [6, 6.07) is 41.0. The fraction of sp³-hybridized carbons (Fsp3) is 0.0250. The molecule has 0 amide bonds. The molecule has 6 aromatic carbocycles. The largest absolute Gasteiger partial charge is 0.277 e. The number of hydrogen-bond acceptors (Lipinski definition) is 5. The van der Waals surface area contributed by atoms with E-state index in [0.717, 1.165) is 49.5 Å². The van der Waals surface area contributed by atoms with Gasteiger partial charge in [-0.3, -0.25) is 9.89 Å². The fourth-order valence-electron chi connectivity index (χ4n) is 6.68. The van der Waals surface area contributed by atoms with E-state index in [4.69, 9.17) is 9.97 Å². The second-order valence-corrected chi connectivity index (χ2v) is 12.4. The minimum atomic E-state index is 0.650. The van der Waals surface area contributed by atoms with Crippen LogP contribution in [0.4, 0.5) is 23.0 Å². The summed E-state index contributed by atoms with van der Waals surface area (Å²) >= 11 is 1.74. The third-order valence-corrected chi connectivity index (χ3v) is 9.91. The third kappa shape index (κ3) is 3.88. The summed E-state index contributed by atoms with van der Waals surface area (Å²) < 4.78 is 2.25. The van der Waals surface area contributed by atoms with Gasteiger partial charge in [0.1, 0.15) is 0 Å². The van der Waals surface area contributed by atoms with Crippen LogP contribution in [0, 0.1) is 6.92 Å². The Balaban J connectivity index is 1.41. The summed E-state index contributed by atoms with van der Waals surface area (Å²) in [4.78, 5) is 17.8. The zero-order chi connectivity index (χ0) is 30.1. The van der Waals surface area contributed by atoms with Crippen molar-refractivity contribution in [3.63, 3.8) is 0 Å². The van der Waals surface area contributed by atoms with Crippen LogP contribution in [0.2, 0.25) is 0 Å². The Morgan fingerprint density at radius 2 is 1.56 bits per heavy atom. The lowest BCUT2D eigenvalue weighted by Crippen LogP contribution is -2.18. The van der Waals surface area contributed by atoms with Crippen molar-refractivity contribution in [2.45, 2.75) is 6.92 Å². The van der Waals surface area contributed by atoms with Gasteiger partial charge in [0.25, 0.3) is 0 Å². The third-order valence-electron chi connectivity index (χ3n) is 8.75. The highest BCUT2D eigenvalue weighted by molar-refractivity contribution is 7.26. The van der Waals surface area contributed by atoms with E-state index < -0.39 is 0 Å². The number of nitrogens with zero attached hydrogens (tertiary/aromatic N) is 4. The predicted molar refractivity (Wildman–Crippen MR) is 192 cm³/mol. The van der Waals surface area contributed by atoms with Crippen LogP contribution in [-0.2, 0) is 0 Å². The Kier molecular flexibility index (Phi) is 5.70. The molecule has 8 aromatic rings. The molecule has 0 spiro atoms. The van der Waals surface area contributed by atoms with Gasteiger partial charge in [0, 0.05) is 38.2 Å². The van der Waals surface area contributed by atoms with Gasteiger partial charge in [0.15, 0.2) is 0 Å². The van der Waals surface area contributed by atoms with Crippen molar-refractivity contribution < 1.29 is 0 Å². The molecule has 9 rings (SSSR count). The summed E-state index contributed by atoms with van der Waals surface area (Å²) in [5.74, 6) is 0.650. The summed E-state index contributed by atoms with van der Waals surface area (Å²) in [7, 11) is 0. The average molecular weight is 595 g/mol. The highest BCUT2D eigenvalue weighted by Gasteiger charge is 2.30. The van der Waals surface area contributed by atoms with Gasteiger partial charge >= 0.3 is 0 Å². The van der Waals surface area contributed by atoms with Crippen LogP contribution in [0.25, 0.3) is 64.2 Å². The molecule has 0 atom stereocenters. The quantitative estimate of drug-likeness (QED) is 0.190. The number of allylic oxidation sites excluding steroid dienone is 1. The number of aryl methyl sites for hydroxylation is 1. The molecule has 0 saturated heterocycles. The van der Waals surface area contributed by atoms with E-state index in [1.54, 1.807) is 23.6 Å². The van der Waals surface area contributed by atoms with Gasteiger partial charge in [-0.15, -0.1) is 11.3 Å². The molecule has 2 aromatic heterocycles. The number of aliphatic imine (C=N–C) groups is 1. The normalized spacial score (nSPS) is 12.5. The van der Waals surface area contributed by atoms with E-state index in [1.807, 2.05) is 0 Å². The second kappa shape index (κ2) is 9.94. The van der Waals surface area contributed by atoms with Crippen LogP contribution in [-0.4, -0.2) is 16.2 Å². The number of hydrogen-bond donors (Lipinski definition) is 0. The molecule has 0 bridgehead atoms. The number of rotatable bonds is 4. The smallest absolute Gasteiger partial charge is 0.235 e. The maximum absolute atomic E-state index is 5.46. The molecule has 5 heteroatoms. The van der Waals surface area contributed by atoms with E-state index in [-0.39, 0.29) is 0 Å². The Morgan fingerprint density at radius 3 is 2.44 bits per heavy atom. The van der Waals surface area contributed by atoms with E-state index in [1.165, 1.54) is 37.4 Å². The first kappa shape index (κ1) is 25.8. The lowest BCUT2D eigenvalue weighted by Gasteiger charge is -2.33. The number of thiophene rings is 1. The van der Waals surface area contributed by atoms with Gasteiger partial charge in [-0.2, -0.15) is 0 Å². The molecule has 45 heavy (non-hydrogen) atoms. The van der Waals surface area contributed by atoms with E-state index in [2.05, 4.69) is 139 Å². The topological polar surface area (TPSA) is 41.4 Å². The van der Waals surface area contributed by atoms with Crippen LogP contribution in [0.5, 0.6) is 0 Å². The van der Waals surface area contributed by atoms with Crippen molar-refractivity contribution >= 4 is 82.4 Å². The highest BCUT2D eigenvalue weighted by atomic mass is 32.1. The van der Waals surface area contributed by atoms with Gasteiger partial charge in [-0.05, 0) is 47.0 Å². The van der Waals surface area contributed by atoms with Gasteiger partial charge in [-0.1, -0.05) is 110 Å². The summed E-state index contributed by atoms with van der Waals surface area (Å²) in [6.07, 6.45) is 3.44. The maximum Gasteiger partial charge on any atom is 0.235 e. The molecule has 0 saturated carbocycles. The van der Waals surface area contributed by atoms with Crippen molar-refractivity contribution in [1.29, 1.82) is 0 Å². The van der Waals surface area contributed by atoms with Crippen molar-refractivity contribution in [3.05, 3.63) is 133 Å². The van der Waals surface area contributed by atoms with Crippen molar-refractivity contribution in [2.24, 2.45) is 4.99 Å². The molecular formula is C40H26N4S. The number of benzene rings is 6. The minimum absolute atomic E-state index is 0.650. The maximum atomic E-state index is 5.46. The van der Waals surface area contributed by atoms with Crippen LogP contribution in [0.3, 0.4) is 0 Å². The molecule has 1 aliphatic heterocycles. The first-order valence-corrected chi connectivity index (χ1v) is 15.8. The minimum Gasteiger partial charge on any atom is -0.277 e. The predicted octanol–water partition coefficient (Wildman–Crippen LogP) is 11.5. The Morgan fingerprint density at radius 1 is 0.756 bits per heavy atom. The molecule has 212 valence electrons. The first-order valence-electron chi connectivity index (χ1n) is 15.0. The first-order chi connectivity index (χ1) is 22.2. The molecule has 4 nitrogen and oxygen atoms in total.